The van der Waals surface area contributed by atoms with Crippen LogP contribution in [-0.2, 0) is 0 Å². The highest BCUT2D eigenvalue weighted by Gasteiger charge is 2.02. The lowest BCUT2D eigenvalue weighted by molar-refractivity contribution is 0.344. The predicted molar refractivity (Wildman–Crippen MR) is 86.2 cm³/mol. The van der Waals surface area contributed by atoms with Crippen molar-refractivity contribution in [1.29, 1.82) is 0 Å². The number of rotatable bonds is 5. The van der Waals surface area contributed by atoms with Gasteiger partial charge in [-0.15, -0.1) is 11.8 Å². The Morgan fingerprint density at radius 2 is 2.05 bits per heavy atom. The average Bonchev–Trinajstić information content (AvgIpc) is 2.39. The van der Waals surface area contributed by atoms with Gasteiger partial charge in [0, 0.05) is 20.8 Å². The molecule has 0 aliphatic rings. The molecule has 0 fully saturated rings. The molecule has 0 aliphatic heterocycles. The van der Waals surface area contributed by atoms with Gasteiger partial charge in [-0.25, -0.2) is 0 Å². The van der Waals surface area contributed by atoms with Crippen LogP contribution in [0.25, 0.3) is 0 Å². The lowest BCUT2D eigenvalue weighted by Gasteiger charge is -2.07. The Balaban J connectivity index is 1.82. The van der Waals surface area contributed by atoms with E-state index in [-0.39, 0.29) is 0 Å². The molecule has 0 spiro atoms. The van der Waals surface area contributed by atoms with E-state index in [1.807, 2.05) is 36.4 Å². The second-order valence-corrected chi connectivity index (χ2v) is 6.30. The molecule has 100 valence electrons. The molecule has 2 aromatic rings. The van der Waals surface area contributed by atoms with Gasteiger partial charge in [-0.05, 0) is 36.4 Å². The molecule has 2 rings (SSSR count). The molecule has 19 heavy (non-hydrogen) atoms. The first kappa shape index (κ1) is 14.6. The zero-order valence-corrected chi connectivity index (χ0v) is 13.3. The summed E-state index contributed by atoms with van der Waals surface area (Å²) in [6, 6.07) is 13.3. The summed E-state index contributed by atoms with van der Waals surface area (Å²) in [6.45, 7) is 0.617. The summed E-state index contributed by atoms with van der Waals surface area (Å²) in [7, 11) is 0. The van der Waals surface area contributed by atoms with E-state index < -0.39 is 0 Å². The van der Waals surface area contributed by atoms with Crippen LogP contribution in [0.4, 0.5) is 5.69 Å². The number of hydrogen-bond acceptors (Lipinski definition) is 3. The number of anilines is 1. The molecule has 2 nitrogen and oxygen atoms in total. The zero-order valence-electron chi connectivity index (χ0n) is 10.1. The largest absolute Gasteiger partial charge is 0.493 e. The van der Waals surface area contributed by atoms with Crippen molar-refractivity contribution in [3.8, 4) is 5.75 Å². The van der Waals surface area contributed by atoms with Crippen molar-refractivity contribution in [3.63, 3.8) is 0 Å². The van der Waals surface area contributed by atoms with Crippen LogP contribution in [0.2, 0.25) is 5.02 Å². The summed E-state index contributed by atoms with van der Waals surface area (Å²) < 4.78 is 6.66. The molecule has 2 N–H and O–H groups in total. The number of nitrogens with two attached hydrogens (primary N) is 1. The number of ether oxygens (including phenoxy) is 1. The highest BCUT2D eigenvalue weighted by atomic mass is 79.9. The van der Waals surface area contributed by atoms with E-state index in [0.29, 0.717) is 6.61 Å². The van der Waals surface area contributed by atoms with Gasteiger partial charge >= 0.3 is 0 Å². The minimum Gasteiger partial charge on any atom is -0.493 e. The van der Waals surface area contributed by atoms with E-state index in [4.69, 9.17) is 22.1 Å². The normalized spacial score (nSPS) is 10.4. The average molecular weight is 359 g/mol. The van der Waals surface area contributed by atoms with Crippen molar-refractivity contribution in [2.75, 3.05) is 18.1 Å². The van der Waals surface area contributed by atoms with Crippen LogP contribution >= 0.6 is 39.3 Å². The standard InChI is InChI=1S/C14H13BrClNOS/c15-10-2-1-3-12(8-10)18-6-7-19-14-9-11(17)4-5-13(14)16/h1-5,8-9H,6-7,17H2. The quantitative estimate of drug-likeness (QED) is 0.471. The lowest BCUT2D eigenvalue weighted by Crippen LogP contribution is -2.00. The van der Waals surface area contributed by atoms with Crippen LogP contribution in [0.1, 0.15) is 0 Å². The van der Waals surface area contributed by atoms with Crippen LogP contribution < -0.4 is 10.5 Å². The number of hydrogen-bond donors (Lipinski definition) is 1. The second-order valence-electron chi connectivity index (χ2n) is 3.84. The van der Waals surface area contributed by atoms with Crippen LogP contribution in [0.3, 0.4) is 0 Å². The minimum atomic E-state index is 0.617. The monoisotopic (exact) mass is 357 g/mol. The first-order valence-electron chi connectivity index (χ1n) is 5.71. The summed E-state index contributed by atoms with van der Waals surface area (Å²) in [5.74, 6) is 1.67. The highest BCUT2D eigenvalue weighted by Crippen LogP contribution is 2.29. The van der Waals surface area contributed by atoms with Gasteiger partial charge in [0.2, 0.25) is 0 Å². The lowest BCUT2D eigenvalue weighted by atomic mass is 10.3. The number of halogens is 2. The van der Waals surface area contributed by atoms with E-state index in [0.717, 1.165) is 31.6 Å². The number of nitrogen functional groups attached to an aromatic ring is 1. The van der Waals surface area contributed by atoms with Crippen molar-refractivity contribution in [2.45, 2.75) is 4.90 Å². The van der Waals surface area contributed by atoms with Gasteiger partial charge < -0.3 is 10.5 Å². The zero-order chi connectivity index (χ0) is 13.7. The Morgan fingerprint density at radius 1 is 1.21 bits per heavy atom. The second kappa shape index (κ2) is 7.08. The SMILES string of the molecule is Nc1ccc(Cl)c(SCCOc2cccc(Br)c2)c1. The molecule has 0 saturated heterocycles. The third kappa shape index (κ3) is 4.64. The van der Waals surface area contributed by atoms with Gasteiger partial charge in [-0.2, -0.15) is 0 Å². The van der Waals surface area contributed by atoms with Gasteiger partial charge in [0.25, 0.3) is 0 Å². The summed E-state index contributed by atoms with van der Waals surface area (Å²) in [5.41, 5.74) is 6.45. The van der Waals surface area contributed by atoms with E-state index >= 15 is 0 Å². The van der Waals surface area contributed by atoms with Gasteiger partial charge in [0.15, 0.2) is 0 Å². The molecule has 0 bridgehead atoms. The van der Waals surface area contributed by atoms with Crippen molar-refractivity contribution < 1.29 is 4.74 Å². The molecule has 0 saturated carbocycles. The highest BCUT2D eigenvalue weighted by molar-refractivity contribution is 9.10. The van der Waals surface area contributed by atoms with E-state index in [2.05, 4.69) is 15.9 Å². The Bertz CT molecular complexity index is 565. The van der Waals surface area contributed by atoms with Crippen molar-refractivity contribution in [3.05, 3.63) is 52.0 Å². The molecular weight excluding hydrogens is 346 g/mol. The van der Waals surface area contributed by atoms with E-state index in [1.54, 1.807) is 17.8 Å². The van der Waals surface area contributed by atoms with Gasteiger partial charge in [-0.1, -0.05) is 33.6 Å². The van der Waals surface area contributed by atoms with Gasteiger partial charge in [0.05, 0.1) is 11.6 Å². The molecule has 5 heteroatoms. The van der Waals surface area contributed by atoms with Crippen LogP contribution in [0, 0.1) is 0 Å². The summed E-state index contributed by atoms with van der Waals surface area (Å²) in [4.78, 5) is 0.986. The Labute approximate surface area is 130 Å². The first-order chi connectivity index (χ1) is 9.15. The van der Waals surface area contributed by atoms with Crippen molar-refractivity contribution in [1.82, 2.24) is 0 Å². The molecule has 0 unspecified atom stereocenters. The fourth-order valence-corrected chi connectivity index (χ4v) is 2.97. The number of benzene rings is 2. The Kier molecular flexibility index (Phi) is 5.43. The molecule has 2 aromatic carbocycles. The van der Waals surface area contributed by atoms with Crippen molar-refractivity contribution in [2.24, 2.45) is 0 Å². The van der Waals surface area contributed by atoms with Gasteiger partial charge in [0.1, 0.15) is 5.75 Å². The molecule has 0 atom stereocenters. The number of thioether (sulfide) groups is 1. The van der Waals surface area contributed by atoms with E-state index in [1.165, 1.54) is 0 Å². The fourth-order valence-electron chi connectivity index (χ4n) is 1.50. The van der Waals surface area contributed by atoms with Crippen LogP contribution in [-0.4, -0.2) is 12.4 Å². The fraction of sp³-hybridized carbons (Fsp3) is 0.143. The summed E-state index contributed by atoms with van der Waals surface area (Å²) >= 11 is 11.1. The van der Waals surface area contributed by atoms with Crippen molar-refractivity contribution >= 4 is 45.0 Å². The minimum absolute atomic E-state index is 0.617. The summed E-state index contributed by atoms with van der Waals surface area (Å²) in [6.07, 6.45) is 0. The third-order valence-corrected chi connectivity index (χ3v) is 4.32. The molecule has 0 radical (unpaired) electrons. The Hall–Kier alpha value is -0.840. The van der Waals surface area contributed by atoms with Crippen LogP contribution in [0.15, 0.2) is 51.8 Å². The Morgan fingerprint density at radius 3 is 2.84 bits per heavy atom. The maximum atomic E-state index is 6.09. The molecule has 0 aliphatic carbocycles. The van der Waals surface area contributed by atoms with Crippen LogP contribution in [0.5, 0.6) is 5.75 Å². The smallest absolute Gasteiger partial charge is 0.120 e. The topological polar surface area (TPSA) is 35.2 Å². The molecule has 0 aromatic heterocycles. The molecule has 0 heterocycles. The van der Waals surface area contributed by atoms with E-state index in [9.17, 15) is 0 Å². The van der Waals surface area contributed by atoms with Gasteiger partial charge in [-0.3, -0.25) is 0 Å². The predicted octanol–water partition coefficient (Wildman–Crippen LogP) is 4.86. The maximum Gasteiger partial charge on any atom is 0.120 e. The third-order valence-electron chi connectivity index (χ3n) is 2.36. The molecule has 0 amide bonds. The first-order valence-corrected chi connectivity index (χ1v) is 7.87. The maximum absolute atomic E-state index is 6.09. The molecular formula is C14H13BrClNOS. The summed E-state index contributed by atoms with van der Waals surface area (Å²) in [5, 5.41) is 0.724.